The molecule has 0 radical (unpaired) electrons. The molecule has 0 N–H and O–H groups in total. The van der Waals surface area contributed by atoms with E-state index in [0.29, 0.717) is 40.0 Å². The molecule has 2 heterocycles. The fourth-order valence-electron chi connectivity index (χ4n) is 2.16. The van der Waals surface area contributed by atoms with Crippen LogP contribution in [0.3, 0.4) is 0 Å². The normalized spacial score (nSPS) is 11.2. The van der Waals surface area contributed by atoms with Crippen molar-refractivity contribution in [2.24, 2.45) is 0 Å². The monoisotopic (exact) mass is 387 g/mol. The van der Waals surface area contributed by atoms with Gasteiger partial charge in [-0.15, -0.1) is 11.6 Å². The number of aryl methyl sites for hydroxylation is 1. The van der Waals surface area contributed by atoms with Crippen LogP contribution in [-0.4, -0.2) is 20.4 Å². The van der Waals surface area contributed by atoms with Crippen LogP contribution >= 0.6 is 39.1 Å². The van der Waals surface area contributed by atoms with Crippen LogP contribution in [0.1, 0.15) is 5.82 Å². The quantitative estimate of drug-likeness (QED) is 0.605. The number of imidazole rings is 1. The number of hydrogen-bond acceptors (Lipinski definition) is 2. The topological polar surface area (TPSA) is 30.7 Å². The van der Waals surface area contributed by atoms with Gasteiger partial charge in [0, 0.05) is 28.0 Å². The summed E-state index contributed by atoms with van der Waals surface area (Å²) in [6.45, 7) is 0. The van der Waals surface area contributed by atoms with Crippen LogP contribution in [0.2, 0.25) is 5.02 Å². The van der Waals surface area contributed by atoms with Crippen LogP contribution in [0.5, 0.6) is 0 Å². The highest BCUT2D eigenvalue weighted by atomic mass is 79.9. The lowest BCUT2D eigenvalue weighted by Gasteiger charge is -2.09. The van der Waals surface area contributed by atoms with Gasteiger partial charge >= 0.3 is 0 Å². The molecule has 3 nitrogen and oxygen atoms in total. The summed E-state index contributed by atoms with van der Waals surface area (Å²) in [6.07, 6.45) is 2.16. The van der Waals surface area contributed by atoms with Gasteiger partial charge in [0.2, 0.25) is 0 Å². The minimum absolute atomic E-state index is 0.343. The number of benzene rings is 1. The Bertz CT molecular complexity index is 819. The predicted octanol–water partition coefficient (Wildman–Crippen LogP) is 4.76. The lowest BCUT2D eigenvalue weighted by molar-refractivity contribution is 0.616. The highest BCUT2D eigenvalue weighted by molar-refractivity contribution is 9.10. The van der Waals surface area contributed by atoms with Gasteiger partial charge in [-0.25, -0.2) is 14.4 Å². The van der Waals surface area contributed by atoms with E-state index in [9.17, 15) is 4.39 Å². The van der Waals surface area contributed by atoms with Gasteiger partial charge in [-0.05, 0) is 40.2 Å². The van der Waals surface area contributed by atoms with Crippen molar-refractivity contribution < 1.29 is 4.39 Å². The largest absolute Gasteiger partial charge is 0.278 e. The zero-order valence-electron chi connectivity index (χ0n) is 10.7. The van der Waals surface area contributed by atoms with E-state index < -0.39 is 5.82 Å². The molecule has 2 aromatic heterocycles. The zero-order valence-corrected chi connectivity index (χ0v) is 13.8. The van der Waals surface area contributed by atoms with Gasteiger partial charge in [0.1, 0.15) is 17.2 Å². The van der Waals surface area contributed by atoms with Crippen molar-refractivity contribution in [2.75, 3.05) is 5.88 Å². The Balaban J connectivity index is 2.30. The fourth-order valence-corrected chi connectivity index (χ4v) is 2.80. The molecule has 0 aliphatic rings. The average molecular weight is 389 g/mol. The second-order valence-corrected chi connectivity index (χ2v) is 6.12. The minimum atomic E-state index is -0.428. The lowest BCUT2D eigenvalue weighted by atomic mass is 10.3. The molecule has 0 bridgehead atoms. The number of alkyl halides is 1. The van der Waals surface area contributed by atoms with Gasteiger partial charge in [-0.3, -0.25) is 4.57 Å². The van der Waals surface area contributed by atoms with Crippen LogP contribution < -0.4 is 0 Å². The summed E-state index contributed by atoms with van der Waals surface area (Å²) >= 11 is 15.0. The van der Waals surface area contributed by atoms with Gasteiger partial charge in [0.25, 0.3) is 0 Å². The smallest absolute Gasteiger partial charge is 0.164 e. The standard InChI is InChI=1S/C14H9BrCl2FN3/c15-8-5-11-14(19-7-8)21(13(20-11)3-4-16)12-2-1-9(17)6-10(12)18/h1-2,5-7H,3-4H2. The maximum Gasteiger partial charge on any atom is 0.164 e. The van der Waals surface area contributed by atoms with Crippen molar-refractivity contribution in [1.29, 1.82) is 0 Å². The van der Waals surface area contributed by atoms with E-state index in [1.54, 1.807) is 22.9 Å². The number of halogens is 4. The summed E-state index contributed by atoms with van der Waals surface area (Å²) in [7, 11) is 0. The van der Waals surface area contributed by atoms with E-state index in [1.807, 2.05) is 6.07 Å². The first-order valence-corrected chi connectivity index (χ1v) is 7.85. The number of pyridine rings is 1. The van der Waals surface area contributed by atoms with Crippen molar-refractivity contribution >= 4 is 50.3 Å². The Morgan fingerprint density at radius 1 is 1.29 bits per heavy atom. The Kier molecular flexibility index (Phi) is 4.15. The summed E-state index contributed by atoms with van der Waals surface area (Å²) in [4.78, 5) is 8.82. The number of nitrogens with zero attached hydrogens (tertiary/aromatic N) is 3. The Morgan fingerprint density at radius 3 is 2.81 bits per heavy atom. The van der Waals surface area contributed by atoms with Crippen LogP contribution in [0.15, 0.2) is 34.9 Å². The molecular formula is C14H9BrCl2FN3. The molecule has 108 valence electrons. The summed E-state index contributed by atoms with van der Waals surface area (Å²) in [5.41, 5.74) is 1.62. The molecule has 3 aromatic rings. The molecule has 3 rings (SSSR count). The van der Waals surface area contributed by atoms with Gasteiger partial charge in [0.05, 0.1) is 5.69 Å². The van der Waals surface area contributed by atoms with E-state index >= 15 is 0 Å². The Labute approximate surface area is 138 Å². The fraction of sp³-hybridized carbons (Fsp3) is 0.143. The molecule has 0 saturated carbocycles. The second kappa shape index (κ2) is 5.91. The summed E-state index contributed by atoms with van der Waals surface area (Å²) in [5.74, 6) is 0.619. The van der Waals surface area contributed by atoms with Crippen LogP contribution in [-0.2, 0) is 6.42 Å². The SMILES string of the molecule is Fc1cc(Cl)ccc1-n1c(CCCl)nc2cc(Br)cnc21. The molecule has 0 aliphatic heterocycles. The molecule has 0 saturated heterocycles. The first-order valence-electron chi connectivity index (χ1n) is 6.14. The number of fused-ring (bicyclic) bond motifs is 1. The summed E-state index contributed by atoms with van der Waals surface area (Å²) < 4.78 is 16.7. The molecular weight excluding hydrogens is 380 g/mol. The van der Waals surface area contributed by atoms with Crippen LogP contribution in [0, 0.1) is 5.82 Å². The van der Waals surface area contributed by atoms with Crippen molar-refractivity contribution in [3.8, 4) is 5.69 Å². The van der Waals surface area contributed by atoms with Gasteiger partial charge in [0.15, 0.2) is 5.65 Å². The molecule has 21 heavy (non-hydrogen) atoms. The van der Waals surface area contributed by atoms with Crippen molar-refractivity contribution in [1.82, 2.24) is 14.5 Å². The first-order chi connectivity index (χ1) is 10.1. The number of hydrogen-bond donors (Lipinski definition) is 0. The van der Waals surface area contributed by atoms with Crippen molar-refractivity contribution in [2.45, 2.75) is 6.42 Å². The molecule has 0 unspecified atom stereocenters. The third-order valence-corrected chi connectivity index (χ3v) is 3.86. The van der Waals surface area contributed by atoms with E-state index in [-0.39, 0.29) is 0 Å². The Hall–Kier alpha value is -1.17. The van der Waals surface area contributed by atoms with E-state index in [0.717, 1.165) is 4.47 Å². The zero-order chi connectivity index (χ0) is 15.0. The minimum Gasteiger partial charge on any atom is -0.278 e. The molecule has 0 atom stereocenters. The number of aromatic nitrogens is 3. The third-order valence-electron chi connectivity index (χ3n) is 3.00. The van der Waals surface area contributed by atoms with E-state index in [2.05, 4.69) is 25.9 Å². The van der Waals surface area contributed by atoms with Gasteiger partial charge in [-0.1, -0.05) is 11.6 Å². The maximum absolute atomic E-state index is 14.2. The molecule has 0 fully saturated rings. The van der Waals surface area contributed by atoms with Gasteiger partial charge < -0.3 is 0 Å². The highest BCUT2D eigenvalue weighted by Crippen LogP contribution is 2.26. The third kappa shape index (κ3) is 2.78. The average Bonchev–Trinajstić information content (AvgIpc) is 2.76. The molecule has 0 spiro atoms. The highest BCUT2D eigenvalue weighted by Gasteiger charge is 2.16. The lowest BCUT2D eigenvalue weighted by Crippen LogP contribution is -2.05. The van der Waals surface area contributed by atoms with Crippen LogP contribution in [0.4, 0.5) is 4.39 Å². The maximum atomic E-state index is 14.2. The van der Waals surface area contributed by atoms with E-state index in [1.165, 1.54) is 6.07 Å². The van der Waals surface area contributed by atoms with Gasteiger partial charge in [-0.2, -0.15) is 0 Å². The second-order valence-electron chi connectivity index (χ2n) is 4.39. The summed E-state index contributed by atoms with van der Waals surface area (Å²) in [6, 6.07) is 6.35. The predicted molar refractivity (Wildman–Crippen MR) is 86.0 cm³/mol. The molecule has 0 aliphatic carbocycles. The molecule has 7 heteroatoms. The van der Waals surface area contributed by atoms with Crippen molar-refractivity contribution in [3.63, 3.8) is 0 Å². The van der Waals surface area contributed by atoms with Crippen LogP contribution in [0.25, 0.3) is 16.9 Å². The van der Waals surface area contributed by atoms with Crippen molar-refractivity contribution in [3.05, 3.63) is 51.6 Å². The Morgan fingerprint density at radius 2 is 2.10 bits per heavy atom. The first kappa shape index (κ1) is 14.8. The summed E-state index contributed by atoms with van der Waals surface area (Å²) in [5, 5.41) is 0.343. The molecule has 0 amide bonds. The van der Waals surface area contributed by atoms with E-state index in [4.69, 9.17) is 23.2 Å². The molecule has 1 aromatic carbocycles. The number of rotatable bonds is 3.